The third-order valence-electron chi connectivity index (χ3n) is 7.88. The number of nitrogens with two attached hydrogens (primary N) is 1. The van der Waals surface area contributed by atoms with Gasteiger partial charge in [-0.2, -0.15) is 0 Å². The van der Waals surface area contributed by atoms with Gasteiger partial charge >= 0.3 is 25.7 Å². The predicted octanol–water partition coefficient (Wildman–Crippen LogP) is 10.3. The minimum Gasteiger partial charge on any atom is -0.480 e. The fourth-order valence-corrected chi connectivity index (χ4v) is 5.48. The van der Waals surface area contributed by atoms with Crippen LogP contribution >= 0.6 is 7.82 Å². The Balaban J connectivity index is 4.55. The van der Waals surface area contributed by atoms with Crippen LogP contribution < -0.4 is 5.73 Å². The van der Waals surface area contributed by atoms with E-state index < -0.39 is 51.1 Å². The standard InChI is InChI=1S/C43H70NO10P/c1-3-5-7-9-11-13-15-17-19-20-21-23-24-26-28-30-32-34-41(45)51-36-39(37-52-55(49,50)53-38-40(44)43(47)48)54-42(46)35-33-31-29-27-25-22-18-16-14-12-10-8-6-4-2/h5,7,10-13,16-19,21,23,26,28,39-40H,3-4,6,8-9,14-15,20,22,24-25,27,29-38,44H2,1-2H3,(H,47,48)(H,49,50)/b7-5+,12-10+,13-11+,18-16+,19-17+,23-21+,28-26+/t39-,40+/m1/s1. The predicted molar refractivity (Wildman–Crippen MR) is 221 cm³/mol. The molecule has 0 aliphatic heterocycles. The van der Waals surface area contributed by atoms with E-state index in [0.717, 1.165) is 77.0 Å². The second kappa shape index (κ2) is 37.6. The van der Waals surface area contributed by atoms with E-state index in [0.29, 0.717) is 19.3 Å². The van der Waals surface area contributed by atoms with Crippen molar-refractivity contribution in [3.05, 3.63) is 85.1 Å². The number of unbranched alkanes of at least 4 members (excludes halogenated alkanes) is 8. The summed E-state index contributed by atoms with van der Waals surface area (Å²) < 4.78 is 32.5. The summed E-state index contributed by atoms with van der Waals surface area (Å²) in [6.45, 7) is 2.54. The highest BCUT2D eigenvalue weighted by atomic mass is 31.2. The molecular formula is C43H70NO10P. The van der Waals surface area contributed by atoms with Crippen LogP contribution in [0.15, 0.2) is 85.1 Å². The van der Waals surface area contributed by atoms with Crippen molar-refractivity contribution in [2.24, 2.45) is 5.73 Å². The van der Waals surface area contributed by atoms with Gasteiger partial charge in [-0.3, -0.25) is 23.4 Å². The Morgan fingerprint density at radius 1 is 0.582 bits per heavy atom. The molecule has 0 aromatic carbocycles. The van der Waals surface area contributed by atoms with E-state index >= 15 is 0 Å². The molecule has 0 aliphatic rings. The van der Waals surface area contributed by atoms with Gasteiger partial charge in [0.2, 0.25) is 0 Å². The van der Waals surface area contributed by atoms with E-state index in [-0.39, 0.29) is 19.4 Å². The number of carbonyl (C=O) groups excluding carboxylic acids is 2. The largest absolute Gasteiger partial charge is 0.480 e. The third-order valence-corrected chi connectivity index (χ3v) is 8.83. The van der Waals surface area contributed by atoms with Crippen LogP contribution in [-0.2, 0) is 37.5 Å². The lowest BCUT2D eigenvalue weighted by molar-refractivity contribution is -0.161. The molecule has 0 aromatic rings. The van der Waals surface area contributed by atoms with Gasteiger partial charge in [0.1, 0.15) is 12.6 Å². The van der Waals surface area contributed by atoms with Crippen molar-refractivity contribution in [3.8, 4) is 0 Å². The number of carboxylic acids is 1. The van der Waals surface area contributed by atoms with Crippen LogP contribution in [0.1, 0.15) is 136 Å². The lowest BCUT2D eigenvalue weighted by Gasteiger charge is -2.20. The maximum Gasteiger partial charge on any atom is 0.472 e. The summed E-state index contributed by atoms with van der Waals surface area (Å²) in [7, 11) is -4.73. The first-order chi connectivity index (χ1) is 26.6. The van der Waals surface area contributed by atoms with Crippen molar-refractivity contribution >= 4 is 25.7 Å². The Morgan fingerprint density at radius 3 is 1.58 bits per heavy atom. The molecule has 12 heteroatoms. The van der Waals surface area contributed by atoms with E-state index in [4.69, 9.17) is 24.8 Å². The molecular weight excluding hydrogens is 721 g/mol. The minimum absolute atomic E-state index is 0.128. The van der Waals surface area contributed by atoms with E-state index in [1.807, 2.05) is 12.2 Å². The van der Waals surface area contributed by atoms with Gasteiger partial charge in [0.25, 0.3) is 0 Å². The van der Waals surface area contributed by atoms with Crippen molar-refractivity contribution in [3.63, 3.8) is 0 Å². The Hall–Kier alpha value is -3.34. The number of esters is 2. The summed E-state index contributed by atoms with van der Waals surface area (Å²) >= 11 is 0. The number of carbonyl (C=O) groups is 3. The molecule has 0 aliphatic carbocycles. The van der Waals surface area contributed by atoms with Gasteiger partial charge in [0.15, 0.2) is 6.10 Å². The molecule has 55 heavy (non-hydrogen) atoms. The van der Waals surface area contributed by atoms with Crippen molar-refractivity contribution < 1.29 is 47.5 Å². The molecule has 0 rings (SSSR count). The highest BCUT2D eigenvalue weighted by molar-refractivity contribution is 7.47. The molecule has 0 aromatic heterocycles. The van der Waals surface area contributed by atoms with Crippen LogP contribution in [0.4, 0.5) is 0 Å². The molecule has 0 saturated carbocycles. The summed E-state index contributed by atoms with van der Waals surface area (Å²) in [5.41, 5.74) is 5.32. The summed E-state index contributed by atoms with van der Waals surface area (Å²) in [6.07, 6.45) is 45.1. The van der Waals surface area contributed by atoms with Gasteiger partial charge < -0.3 is 25.2 Å². The molecule has 0 heterocycles. The number of rotatable bonds is 36. The Morgan fingerprint density at radius 2 is 1.04 bits per heavy atom. The van der Waals surface area contributed by atoms with Gasteiger partial charge in [-0.25, -0.2) is 4.57 Å². The molecule has 0 amide bonds. The van der Waals surface area contributed by atoms with E-state index in [9.17, 15) is 23.8 Å². The minimum atomic E-state index is -4.73. The van der Waals surface area contributed by atoms with E-state index in [2.05, 4.69) is 91.3 Å². The number of carboxylic acid groups (broad SMARTS) is 1. The Labute approximate surface area is 331 Å². The van der Waals surface area contributed by atoms with Gasteiger partial charge in [0, 0.05) is 12.8 Å². The van der Waals surface area contributed by atoms with Crippen molar-refractivity contribution in [2.75, 3.05) is 19.8 Å². The van der Waals surface area contributed by atoms with E-state index in [1.165, 1.54) is 12.8 Å². The topological polar surface area (TPSA) is 172 Å². The highest BCUT2D eigenvalue weighted by Crippen LogP contribution is 2.43. The quantitative estimate of drug-likeness (QED) is 0.0239. The monoisotopic (exact) mass is 791 g/mol. The zero-order chi connectivity index (χ0) is 40.7. The number of hydrogen-bond donors (Lipinski definition) is 3. The smallest absolute Gasteiger partial charge is 0.472 e. The zero-order valence-corrected chi connectivity index (χ0v) is 34.4. The second-order valence-electron chi connectivity index (χ2n) is 13.0. The molecule has 0 saturated heterocycles. The highest BCUT2D eigenvalue weighted by Gasteiger charge is 2.28. The number of phosphoric ester groups is 1. The van der Waals surface area contributed by atoms with Crippen molar-refractivity contribution in [1.82, 2.24) is 0 Å². The molecule has 11 nitrogen and oxygen atoms in total. The molecule has 3 atom stereocenters. The number of ether oxygens (including phenoxy) is 2. The fourth-order valence-electron chi connectivity index (χ4n) is 4.70. The molecule has 312 valence electrons. The van der Waals surface area contributed by atoms with Crippen molar-refractivity contribution in [1.29, 1.82) is 0 Å². The number of aliphatic carboxylic acids is 1. The van der Waals surface area contributed by atoms with Crippen LogP contribution in [0, 0.1) is 0 Å². The lowest BCUT2D eigenvalue weighted by atomic mass is 10.1. The van der Waals surface area contributed by atoms with Gasteiger partial charge in [-0.05, 0) is 77.0 Å². The van der Waals surface area contributed by atoms with Gasteiger partial charge in [0.05, 0.1) is 13.2 Å². The summed E-state index contributed by atoms with van der Waals surface area (Å²) in [4.78, 5) is 45.8. The first-order valence-corrected chi connectivity index (χ1v) is 21.6. The summed E-state index contributed by atoms with van der Waals surface area (Å²) in [5.74, 6) is -2.49. The molecule has 0 radical (unpaired) electrons. The molecule has 0 bridgehead atoms. The average molecular weight is 792 g/mol. The van der Waals surface area contributed by atoms with E-state index in [1.54, 1.807) is 0 Å². The number of allylic oxidation sites excluding steroid dienone is 14. The lowest BCUT2D eigenvalue weighted by Crippen LogP contribution is -2.34. The van der Waals surface area contributed by atoms with Crippen LogP contribution in [0.3, 0.4) is 0 Å². The van der Waals surface area contributed by atoms with Gasteiger partial charge in [-0.15, -0.1) is 0 Å². The third kappa shape index (κ3) is 37.4. The Kier molecular flexibility index (Phi) is 35.3. The molecule has 0 fully saturated rings. The average Bonchev–Trinajstić information content (AvgIpc) is 3.16. The molecule has 0 spiro atoms. The second-order valence-corrected chi connectivity index (χ2v) is 14.5. The molecule has 4 N–H and O–H groups in total. The first kappa shape index (κ1) is 51.7. The van der Waals surface area contributed by atoms with Crippen LogP contribution in [-0.4, -0.2) is 59.9 Å². The molecule has 1 unspecified atom stereocenters. The van der Waals surface area contributed by atoms with Crippen LogP contribution in [0.2, 0.25) is 0 Å². The zero-order valence-electron chi connectivity index (χ0n) is 33.5. The summed E-state index contributed by atoms with van der Waals surface area (Å²) in [5, 5.41) is 8.87. The first-order valence-electron chi connectivity index (χ1n) is 20.1. The van der Waals surface area contributed by atoms with Crippen molar-refractivity contribution in [2.45, 2.75) is 148 Å². The number of hydrogen-bond acceptors (Lipinski definition) is 9. The normalized spacial score (nSPS) is 14.7. The van der Waals surface area contributed by atoms with Crippen LogP contribution in [0.5, 0.6) is 0 Å². The maximum atomic E-state index is 12.6. The number of phosphoric acid groups is 1. The van der Waals surface area contributed by atoms with Crippen LogP contribution in [0.25, 0.3) is 0 Å². The Bertz CT molecular complexity index is 1250. The maximum absolute atomic E-state index is 12.6. The summed E-state index contributed by atoms with van der Waals surface area (Å²) in [6, 6.07) is -1.53. The fraction of sp³-hybridized carbons (Fsp3) is 0.605. The van der Waals surface area contributed by atoms with Gasteiger partial charge in [-0.1, -0.05) is 131 Å². The SMILES string of the molecule is CC/C=C/C/C=C/C/C=C/C/C=C/C/C=C/CCCC(=O)OC[C@H](COP(=O)(O)OC[C@H](N)C(=O)O)OC(=O)CCCCCCC/C=C/C/C=C/CCCC.